The van der Waals surface area contributed by atoms with E-state index in [4.69, 9.17) is 0 Å². The van der Waals surface area contributed by atoms with E-state index in [0.717, 1.165) is 0 Å². The quantitative estimate of drug-likeness (QED) is 0.166. The van der Waals surface area contributed by atoms with E-state index >= 15 is 0 Å². The Balaban J connectivity index is 1.63. The van der Waals surface area contributed by atoms with Crippen molar-refractivity contribution in [2.45, 2.75) is 4.90 Å². The fourth-order valence-corrected chi connectivity index (χ4v) is 5.65. The molecule has 0 bridgehead atoms. The molecular formula is C27H25IN2S. The van der Waals surface area contributed by atoms with Crippen molar-refractivity contribution in [2.24, 2.45) is 0 Å². The minimum Gasteiger partial charge on any atom is -0.309 e. The molecule has 0 aliphatic heterocycles. The lowest BCUT2D eigenvalue weighted by Crippen LogP contribution is -2.01. The first-order valence-corrected chi connectivity index (χ1v) is 14.1. The van der Waals surface area contributed by atoms with Gasteiger partial charge in [0.25, 0.3) is 0 Å². The monoisotopic (exact) mass is 536 g/mol. The number of halogens is 1. The van der Waals surface area contributed by atoms with E-state index in [2.05, 4.69) is 146 Å². The SMILES string of the molecule is CS(C)(C)c1ccc(N(I)c2ccc3c(c2)c2ccccc2n3-c2ccccc2)cc1. The lowest BCUT2D eigenvalue weighted by Gasteiger charge is -2.26. The first kappa shape index (κ1) is 20.5. The number of benzene rings is 4. The Morgan fingerprint density at radius 2 is 1.26 bits per heavy atom. The molecule has 0 radical (unpaired) electrons. The van der Waals surface area contributed by atoms with Gasteiger partial charge in [-0.3, -0.25) is 3.11 Å². The third-order valence-corrected chi connectivity index (χ3v) is 8.47. The zero-order valence-electron chi connectivity index (χ0n) is 17.9. The van der Waals surface area contributed by atoms with Crippen LogP contribution in [0.4, 0.5) is 11.4 Å². The molecule has 5 rings (SSSR count). The molecule has 1 heterocycles. The molecule has 0 amide bonds. The predicted octanol–water partition coefficient (Wildman–Crippen LogP) is 8.32. The fraction of sp³-hybridized carbons (Fsp3) is 0.111. The summed E-state index contributed by atoms with van der Waals surface area (Å²) in [4.78, 5) is 1.43. The summed E-state index contributed by atoms with van der Waals surface area (Å²) >= 11 is 2.41. The average Bonchev–Trinajstić information content (AvgIpc) is 3.12. The summed E-state index contributed by atoms with van der Waals surface area (Å²) in [6, 6.07) is 35.1. The standard InChI is InChI=1S/C27H25IN2S/c1-31(2,3)23-16-13-21(14-17-23)30(28)22-15-18-27-25(19-22)24-11-7-8-12-26(24)29(27)20-9-5-4-6-10-20/h4-19H,1-3H3. The minimum absolute atomic E-state index is 0.710. The van der Waals surface area contributed by atoms with Gasteiger partial charge in [-0.15, -0.1) is 0 Å². The number of nitrogens with zero attached hydrogens (tertiary/aromatic N) is 2. The van der Waals surface area contributed by atoms with E-state index in [1.165, 1.54) is 43.8 Å². The molecule has 0 spiro atoms. The number of fused-ring (bicyclic) bond motifs is 3. The van der Waals surface area contributed by atoms with Gasteiger partial charge in [0.05, 0.1) is 45.3 Å². The molecule has 1 aromatic heterocycles. The van der Waals surface area contributed by atoms with Crippen LogP contribution in [0.15, 0.2) is 102 Å². The Kier molecular flexibility index (Phi) is 5.22. The maximum atomic E-state index is 2.41. The molecule has 0 aliphatic carbocycles. The molecule has 0 atom stereocenters. The van der Waals surface area contributed by atoms with Crippen molar-refractivity contribution in [3.05, 3.63) is 97.1 Å². The van der Waals surface area contributed by atoms with Gasteiger partial charge >= 0.3 is 0 Å². The second-order valence-corrected chi connectivity index (χ2v) is 13.6. The largest absolute Gasteiger partial charge is 0.309 e. The highest BCUT2D eigenvalue weighted by Crippen LogP contribution is 2.46. The smallest absolute Gasteiger partial charge is 0.0646 e. The van der Waals surface area contributed by atoms with Gasteiger partial charge in [0.2, 0.25) is 0 Å². The maximum Gasteiger partial charge on any atom is 0.0646 e. The topological polar surface area (TPSA) is 8.17 Å². The Morgan fingerprint density at radius 1 is 0.645 bits per heavy atom. The molecule has 4 aromatic carbocycles. The molecular weight excluding hydrogens is 511 g/mol. The van der Waals surface area contributed by atoms with Crippen LogP contribution in [0, 0.1) is 0 Å². The van der Waals surface area contributed by atoms with Gasteiger partial charge in [-0.05, 0) is 84.3 Å². The van der Waals surface area contributed by atoms with E-state index in [0.29, 0.717) is 0 Å². The van der Waals surface area contributed by atoms with Crippen LogP contribution in [-0.2, 0) is 0 Å². The van der Waals surface area contributed by atoms with Crippen LogP contribution < -0.4 is 3.11 Å². The van der Waals surface area contributed by atoms with Gasteiger partial charge in [-0.25, -0.2) is 10.0 Å². The minimum atomic E-state index is -0.710. The highest BCUT2D eigenvalue weighted by molar-refractivity contribution is 14.1. The Hall–Kier alpha value is -2.44. The summed E-state index contributed by atoms with van der Waals surface area (Å²) in [5.41, 5.74) is 6.03. The number of para-hydroxylation sites is 2. The average molecular weight is 536 g/mol. The predicted molar refractivity (Wildman–Crippen MR) is 147 cm³/mol. The van der Waals surface area contributed by atoms with Gasteiger partial charge in [-0.2, -0.15) is 0 Å². The van der Waals surface area contributed by atoms with E-state index in [-0.39, 0.29) is 0 Å². The number of hydrogen-bond acceptors (Lipinski definition) is 1. The van der Waals surface area contributed by atoms with Crippen LogP contribution in [0.3, 0.4) is 0 Å². The number of hydrogen-bond donors (Lipinski definition) is 0. The molecule has 4 heteroatoms. The van der Waals surface area contributed by atoms with Crippen molar-refractivity contribution < 1.29 is 0 Å². The molecule has 0 fully saturated rings. The van der Waals surface area contributed by atoms with Crippen molar-refractivity contribution in [2.75, 3.05) is 21.9 Å². The molecule has 0 saturated carbocycles. The van der Waals surface area contributed by atoms with Gasteiger partial charge in [-0.1, -0.05) is 36.4 Å². The van der Waals surface area contributed by atoms with Crippen molar-refractivity contribution in [1.29, 1.82) is 0 Å². The van der Waals surface area contributed by atoms with Gasteiger partial charge < -0.3 is 4.57 Å². The zero-order valence-corrected chi connectivity index (χ0v) is 20.9. The second-order valence-electron chi connectivity index (χ2n) is 8.50. The van der Waals surface area contributed by atoms with Gasteiger partial charge in [0, 0.05) is 16.5 Å². The van der Waals surface area contributed by atoms with E-state index < -0.39 is 10.0 Å². The van der Waals surface area contributed by atoms with Crippen LogP contribution >= 0.6 is 32.9 Å². The molecule has 31 heavy (non-hydrogen) atoms. The molecule has 0 saturated heterocycles. The third-order valence-electron chi connectivity index (χ3n) is 5.67. The molecule has 0 aliphatic rings. The summed E-state index contributed by atoms with van der Waals surface area (Å²) in [6.07, 6.45) is 7.00. The molecule has 2 nitrogen and oxygen atoms in total. The molecule has 5 aromatic rings. The van der Waals surface area contributed by atoms with Crippen LogP contribution in [-0.4, -0.2) is 23.3 Å². The molecule has 156 valence electrons. The fourth-order valence-electron chi connectivity index (χ4n) is 4.07. The van der Waals surface area contributed by atoms with Crippen molar-refractivity contribution in [3.63, 3.8) is 0 Å². The van der Waals surface area contributed by atoms with Crippen LogP contribution in [0.25, 0.3) is 27.5 Å². The van der Waals surface area contributed by atoms with E-state index in [9.17, 15) is 0 Å². The number of aromatic nitrogens is 1. The van der Waals surface area contributed by atoms with Crippen LogP contribution in [0.1, 0.15) is 0 Å². The maximum absolute atomic E-state index is 2.41. The van der Waals surface area contributed by atoms with E-state index in [1.54, 1.807) is 0 Å². The van der Waals surface area contributed by atoms with Crippen LogP contribution in [0.2, 0.25) is 0 Å². The highest BCUT2D eigenvalue weighted by Gasteiger charge is 2.15. The van der Waals surface area contributed by atoms with Crippen molar-refractivity contribution >= 4 is 66.1 Å². The summed E-state index contributed by atoms with van der Waals surface area (Å²) in [7, 11) is -0.710. The second kappa shape index (κ2) is 7.92. The highest BCUT2D eigenvalue weighted by atomic mass is 127. The molecule has 0 N–H and O–H groups in total. The number of rotatable bonds is 4. The van der Waals surface area contributed by atoms with Crippen molar-refractivity contribution in [1.82, 2.24) is 4.57 Å². The first-order chi connectivity index (χ1) is 14.9. The Labute approximate surface area is 199 Å². The Morgan fingerprint density at radius 3 is 1.97 bits per heavy atom. The third kappa shape index (κ3) is 3.72. The lowest BCUT2D eigenvalue weighted by molar-refractivity contribution is 1.18. The molecule has 0 unspecified atom stereocenters. The first-order valence-electron chi connectivity index (χ1n) is 10.3. The van der Waals surface area contributed by atoms with E-state index in [1.807, 2.05) is 0 Å². The summed E-state index contributed by atoms with van der Waals surface area (Å²) in [6.45, 7) is 0. The summed E-state index contributed by atoms with van der Waals surface area (Å²) in [5, 5.41) is 2.55. The Bertz CT molecular complexity index is 1370. The van der Waals surface area contributed by atoms with Crippen molar-refractivity contribution in [3.8, 4) is 5.69 Å². The normalized spacial score (nSPS) is 12.4. The van der Waals surface area contributed by atoms with Gasteiger partial charge in [0.15, 0.2) is 0 Å². The van der Waals surface area contributed by atoms with Crippen LogP contribution in [0.5, 0.6) is 0 Å². The lowest BCUT2D eigenvalue weighted by atomic mass is 10.1. The summed E-state index contributed by atoms with van der Waals surface area (Å²) in [5.74, 6) is 0. The summed E-state index contributed by atoms with van der Waals surface area (Å²) < 4.78 is 4.60. The zero-order chi connectivity index (χ0) is 21.6. The van der Waals surface area contributed by atoms with Gasteiger partial charge in [0.1, 0.15) is 0 Å². The number of anilines is 2.